The summed E-state index contributed by atoms with van der Waals surface area (Å²) in [5.74, 6) is 0.290. The zero-order valence-corrected chi connectivity index (χ0v) is 14.3. The molecule has 1 aliphatic carbocycles. The topological polar surface area (TPSA) is 66.8 Å². The number of rotatable bonds is 5. The third kappa shape index (κ3) is 3.25. The molecule has 24 heavy (non-hydrogen) atoms. The van der Waals surface area contributed by atoms with Gasteiger partial charge >= 0.3 is 5.97 Å². The summed E-state index contributed by atoms with van der Waals surface area (Å²) in [6.07, 6.45) is 3.26. The second-order valence-corrected chi connectivity index (χ2v) is 7.05. The highest BCUT2D eigenvalue weighted by Crippen LogP contribution is 2.42. The van der Waals surface area contributed by atoms with Crippen molar-refractivity contribution >= 4 is 11.9 Å². The van der Waals surface area contributed by atoms with E-state index in [0.717, 1.165) is 30.6 Å². The van der Waals surface area contributed by atoms with Gasteiger partial charge in [0.25, 0.3) is 0 Å². The van der Waals surface area contributed by atoms with Crippen molar-refractivity contribution in [1.82, 2.24) is 4.90 Å². The van der Waals surface area contributed by atoms with Crippen LogP contribution in [0.1, 0.15) is 36.8 Å². The molecular formula is C19H25NO4. The van der Waals surface area contributed by atoms with Crippen LogP contribution >= 0.6 is 0 Å². The number of aliphatic carboxylic acids is 1. The lowest BCUT2D eigenvalue weighted by molar-refractivity contribution is -0.149. The van der Waals surface area contributed by atoms with Gasteiger partial charge < -0.3 is 14.7 Å². The summed E-state index contributed by atoms with van der Waals surface area (Å²) >= 11 is 0. The van der Waals surface area contributed by atoms with Gasteiger partial charge in [-0.25, -0.2) is 4.79 Å². The summed E-state index contributed by atoms with van der Waals surface area (Å²) in [4.78, 5) is 25.7. The average molecular weight is 331 g/mol. The van der Waals surface area contributed by atoms with E-state index in [-0.39, 0.29) is 24.9 Å². The van der Waals surface area contributed by atoms with Gasteiger partial charge in [-0.1, -0.05) is 24.1 Å². The standard InChI is InChI=1S/C19H25NO4/c1-12-6-7-16(13(2)10-12)24-9-8-17(21)20-11-14-4-3-5-15(14)18(20)19(22)23/h6-7,10,14-15,18H,3-5,8-9,11H2,1-2H3,(H,22,23). The monoisotopic (exact) mass is 331 g/mol. The molecule has 1 heterocycles. The number of benzene rings is 1. The first-order chi connectivity index (χ1) is 11.5. The van der Waals surface area contributed by atoms with Gasteiger partial charge in [0.15, 0.2) is 0 Å². The van der Waals surface area contributed by atoms with E-state index in [4.69, 9.17) is 4.74 Å². The van der Waals surface area contributed by atoms with Gasteiger partial charge in [0.05, 0.1) is 13.0 Å². The lowest BCUT2D eigenvalue weighted by atomic mass is 9.94. The van der Waals surface area contributed by atoms with Crippen molar-refractivity contribution in [3.63, 3.8) is 0 Å². The number of carboxylic acids is 1. The molecule has 5 nitrogen and oxygen atoms in total. The third-order valence-corrected chi connectivity index (χ3v) is 5.37. The fourth-order valence-corrected chi connectivity index (χ4v) is 4.23. The zero-order valence-electron chi connectivity index (χ0n) is 14.3. The van der Waals surface area contributed by atoms with Crippen molar-refractivity contribution in [2.75, 3.05) is 13.2 Å². The number of fused-ring (bicyclic) bond motifs is 1. The van der Waals surface area contributed by atoms with Crippen LogP contribution < -0.4 is 4.74 Å². The van der Waals surface area contributed by atoms with Gasteiger partial charge in [0.2, 0.25) is 5.91 Å². The highest BCUT2D eigenvalue weighted by Gasteiger charge is 2.49. The van der Waals surface area contributed by atoms with E-state index in [2.05, 4.69) is 0 Å². The van der Waals surface area contributed by atoms with Gasteiger partial charge in [0, 0.05) is 6.54 Å². The molecule has 1 aromatic carbocycles. The maximum atomic E-state index is 12.5. The Labute approximate surface area is 142 Å². The summed E-state index contributed by atoms with van der Waals surface area (Å²) in [6, 6.07) is 5.28. The minimum Gasteiger partial charge on any atom is -0.493 e. The Bertz CT molecular complexity index is 642. The molecule has 3 atom stereocenters. The number of ether oxygens (including phenoxy) is 1. The van der Waals surface area contributed by atoms with E-state index < -0.39 is 12.0 Å². The first-order valence-electron chi connectivity index (χ1n) is 8.69. The van der Waals surface area contributed by atoms with Crippen molar-refractivity contribution in [1.29, 1.82) is 0 Å². The molecule has 5 heteroatoms. The number of likely N-dealkylation sites (tertiary alicyclic amines) is 1. The largest absolute Gasteiger partial charge is 0.493 e. The molecule has 130 valence electrons. The molecule has 3 rings (SSSR count). The average Bonchev–Trinajstić information content (AvgIpc) is 3.09. The Balaban J connectivity index is 1.57. The van der Waals surface area contributed by atoms with Crippen LogP contribution in [-0.2, 0) is 9.59 Å². The zero-order chi connectivity index (χ0) is 17.3. The summed E-state index contributed by atoms with van der Waals surface area (Å²) in [5, 5.41) is 9.52. The second-order valence-electron chi connectivity index (χ2n) is 7.05. The van der Waals surface area contributed by atoms with E-state index in [9.17, 15) is 14.7 Å². The molecule has 1 amide bonds. The Morgan fingerprint density at radius 2 is 2.08 bits per heavy atom. The molecule has 0 radical (unpaired) electrons. The first-order valence-corrected chi connectivity index (χ1v) is 8.69. The fourth-order valence-electron chi connectivity index (χ4n) is 4.23. The Hall–Kier alpha value is -2.04. The predicted molar refractivity (Wildman–Crippen MR) is 90.0 cm³/mol. The second kappa shape index (κ2) is 6.83. The number of hydrogen-bond acceptors (Lipinski definition) is 3. The number of carbonyl (C=O) groups is 2. The Kier molecular flexibility index (Phi) is 4.78. The maximum absolute atomic E-state index is 12.5. The molecule has 1 saturated heterocycles. The van der Waals surface area contributed by atoms with Gasteiger partial charge in [-0.2, -0.15) is 0 Å². The Morgan fingerprint density at radius 3 is 2.79 bits per heavy atom. The van der Waals surface area contributed by atoms with Crippen molar-refractivity contribution in [2.45, 2.75) is 45.6 Å². The number of aryl methyl sites for hydroxylation is 2. The summed E-state index contributed by atoms with van der Waals surface area (Å²) in [6.45, 7) is 4.87. The normalized spacial score (nSPS) is 25.6. The van der Waals surface area contributed by atoms with Crippen molar-refractivity contribution in [3.8, 4) is 5.75 Å². The molecule has 1 N–H and O–H groups in total. The van der Waals surface area contributed by atoms with Crippen LogP contribution in [0, 0.1) is 25.7 Å². The minimum atomic E-state index is -0.868. The number of carbonyl (C=O) groups excluding carboxylic acids is 1. The number of carboxylic acid groups (broad SMARTS) is 1. The molecular weight excluding hydrogens is 306 g/mol. The number of nitrogens with zero attached hydrogens (tertiary/aromatic N) is 1. The van der Waals surface area contributed by atoms with Crippen LogP contribution in [0.3, 0.4) is 0 Å². The number of hydrogen-bond donors (Lipinski definition) is 1. The predicted octanol–water partition coefficient (Wildman–Crippen LogP) is 2.78. The van der Waals surface area contributed by atoms with Crippen LogP contribution in [-0.4, -0.2) is 41.1 Å². The minimum absolute atomic E-state index is 0.110. The van der Waals surface area contributed by atoms with Gasteiger partial charge in [-0.05, 0) is 50.2 Å². The van der Waals surface area contributed by atoms with E-state index in [1.807, 2.05) is 32.0 Å². The van der Waals surface area contributed by atoms with E-state index in [1.54, 1.807) is 4.90 Å². The van der Waals surface area contributed by atoms with Crippen molar-refractivity contribution in [3.05, 3.63) is 29.3 Å². The highest BCUT2D eigenvalue weighted by atomic mass is 16.5. The lowest BCUT2D eigenvalue weighted by Crippen LogP contribution is -2.43. The van der Waals surface area contributed by atoms with E-state index >= 15 is 0 Å². The third-order valence-electron chi connectivity index (χ3n) is 5.37. The van der Waals surface area contributed by atoms with Gasteiger partial charge in [0.1, 0.15) is 11.8 Å². The van der Waals surface area contributed by atoms with E-state index in [1.165, 1.54) is 5.56 Å². The lowest BCUT2D eigenvalue weighted by Gasteiger charge is -2.24. The molecule has 2 fully saturated rings. The van der Waals surface area contributed by atoms with Gasteiger partial charge in [-0.15, -0.1) is 0 Å². The fraction of sp³-hybridized carbons (Fsp3) is 0.579. The van der Waals surface area contributed by atoms with E-state index in [0.29, 0.717) is 12.5 Å². The quantitative estimate of drug-likeness (QED) is 0.901. The maximum Gasteiger partial charge on any atom is 0.326 e. The van der Waals surface area contributed by atoms with Crippen molar-refractivity contribution in [2.24, 2.45) is 11.8 Å². The molecule has 1 aromatic rings. The molecule has 1 aliphatic heterocycles. The van der Waals surface area contributed by atoms with Crippen LogP contribution in [0.25, 0.3) is 0 Å². The van der Waals surface area contributed by atoms with Gasteiger partial charge in [-0.3, -0.25) is 4.79 Å². The van der Waals surface area contributed by atoms with Crippen LogP contribution in [0.4, 0.5) is 0 Å². The number of amides is 1. The van der Waals surface area contributed by atoms with Crippen LogP contribution in [0.2, 0.25) is 0 Å². The Morgan fingerprint density at radius 1 is 1.29 bits per heavy atom. The first kappa shape index (κ1) is 16.8. The summed E-state index contributed by atoms with van der Waals surface area (Å²) in [7, 11) is 0. The summed E-state index contributed by atoms with van der Waals surface area (Å²) in [5.41, 5.74) is 2.21. The molecule has 2 aliphatic rings. The molecule has 3 unspecified atom stereocenters. The SMILES string of the molecule is Cc1ccc(OCCC(=O)N2CC3CCCC3C2C(=O)O)c(C)c1. The van der Waals surface area contributed by atoms with Crippen LogP contribution in [0.15, 0.2) is 18.2 Å². The molecule has 0 bridgehead atoms. The smallest absolute Gasteiger partial charge is 0.326 e. The molecule has 0 aromatic heterocycles. The summed E-state index contributed by atoms with van der Waals surface area (Å²) < 4.78 is 5.72. The molecule has 1 saturated carbocycles. The highest BCUT2D eigenvalue weighted by molar-refractivity contribution is 5.84. The molecule has 0 spiro atoms. The van der Waals surface area contributed by atoms with Crippen LogP contribution in [0.5, 0.6) is 5.75 Å². The van der Waals surface area contributed by atoms with Crippen molar-refractivity contribution < 1.29 is 19.4 Å².